The predicted molar refractivity (Wildman–Crippen MR) is 82.3 cm³/mol. The predicted octanol–water partition coefficient (Wildman–Crippen LogP) is 3.56. The van der Waals surface area contributed by atoms with Crippen molar-refractivity contribution in [1.29, 1.82) is 0 Å². The van der Waals surface area contributed by atoms with Crippen molar-refractivity contribution in [3.63, 3.8) is 0 Å². The van der Waals surface area contributed by atoms with Gasteiger partial charge in [0.2, 0.25) is 0 Å². The SMILES string of the molecule is Cc1ccc(CNC2CC2)cc1-n1ccc(C(C)C)n1. The molecule has 1 saturated carbocycles. The summed E-state index contributed by atoms with van der Waals surface area (Å²) in [6, 6.07) is 9.51. The molecule has 0 aliphatic heterocycles. The van der Waals surface area contributed by atoms with Gasteiger partial charge in [0.1, 0.15) is 0 Å². The number of hydrogen-bond donors (Lipinski definition) is 1. The van der Waals surface area contributed by atoms with Crippen molar-refractivity contribution >= 4 is 0 Å². The van der Waals surface area contributed by atoms with Gasteiger partial charge in [-0.2, -0.15) is 5.10 Å². The van der Waals surface area contributed by atoms with Crippen LogP contribution in [0.1, 0.15) is 49.4 Å². The van der Waals surface area contributed by atoms with Crippen molar-refractivity contribution in [2.45, 2.75) is 52.1 Å². The van der Waals surface area contributed by atoms with E-state index in [0.29, 0.717) is 5.92 Å². The van der Waals surface area contributed by atoms with Crippen molar-refractivity contribution < 1.29 is 0 Å². The molecule has 1 aromatic heterocycles. The summed E-state index contributed by atoms with van der Waals surface area (Å²) in [6.45, 7) is 7.45. The number of nitrogens with zero attached hydrogens (tertiary/aromatic N) is 2. The fraction of sp³-hybridized carbons (Fsp3) is 0.471. The second-order valence-corrected chi connectivity index (χ2v) is 6.12. The highest BCUT2D eigenvalue weighted by molar-refractivity contribution is 5.43. The summed E-state index contributed by atoms with van der Waals surface area (Å²) < 4.78 is 2.01. The Morgan fingerprint density at radius 3 is 2.75 bits per heavy atom. The van der Waals surface area contributed by atoms with Gasteiger partial charge in [-0.1, -0.05) is 26.0 Å². The third kappa shape index (κ3) is 2.93. The van der Waals surface area contributed by atoms with E-state index in [4.69, 9.17) is 0 Å². The van der Waals surface area contributed by atoms with Crippen molar-refractivity contribution in [3.05, 3.63) is 47.3 Å². The Morgan fingerprint density at radius 2 is 2.10 bits per heavy atom. The van der Waals surface area contributed by atoms with Crippen LogP contribution in [0.15, 0.2) is 30.5 Å². The second-order valence-electron chi connectivity index (χ2n) is 6.12. The lowest BCUT2D eigenvalue weighted by molar-refractivity contribution is 0.686. The van der Waals surface area contributed by atoms with E-state index in [1.807, 2.05) is 4.68 Å². The van der Waals surface area contributed by atoms with Crippen LogP contribution in [-0.2, 0) is 6.54 Å². The Balaban J connectivity index is 1.83. The van der Waals surface area contributed by atoms with Crippen molar-refractivity contribution in [2.75, 3.05) is 0 Å². The molecule has 1 fully saturated rings. The number of benzene rings is 1. The minimum atomic E-state index is 0.469. The minimum absolute atomic E-state index is 0.469. The molecule has 1 N–H and O–H groups in total. The molecule has 0 amide bonds. The van der Waals surface area contributed by atoms with E-state index < -0.39 is 0 Å². The Kier molecular flexibility index (Phi) is 3.62. The number of aromatic nitrogens is 2. The lowest BCUT2D eigenvalue weighted by Gasteiger charge is -2.10. The van der Waals surface area contributed by atoms with Crippen LogP contribution < -0.4 is 5.32 Å². The van der Waals surface area contributed by atoms with E-state index in [2.05, 4.69) is 61.6 Å². The summed E-state index contributed by atoms with van der Waals surface area (Å²) in [7, 11) is 0. The van der Waals surface area contributed by atoms with Gasteiger partial charge in [-0.3, -0.25) is 0 Å². The van der Waals surface area contributed by atoms with Gasteiger partial charge < -0.3 is 5.32 Å². The molecule has 0 saturated heterocycles. The summed E-state index contributed by atoms with van der Waals surface area (Å²) in [5.41, 5.74) is 4.93. The number of nitrogens with one attached hydrogen (secondary N) is 1. The molecule has 0 radical (unpaired) electrons. The van der Waals surface area contributed by atoms with E-state index in [-0.39, 0.29) is 0 Å². The Labute approximate surface area is 121 Å². The molecule has 3 nitrogen and oxygen atoms in total. The molecule has 0 bridgehead atoms. The van der Waals surface area contributed by atoms with Gasteiger partial charge in [-0.25, -0.2) is 4.68 Å². The lowest BCUT2D eigenvalue weighted by Crippen LogP contribution is -2.15. The van der Waals surface area contributed by atoms with Crippen LogP contribution in [0.4, 0.5) is 0 Å². The summed E-state index contributed by atoms with van der Waals surface area (Å²) >= 11 is 0. The average Bonchev–Trinajstić information content (AvgIpc) is 3.12. The molecule has 1 heterocycles. The van der Waals surface area contributed by atoms with Gasteiger partial charge in [0.05, 0.1) is 11.4 Å². The smallest absolute Gasteiger partial charge is 0.0678 e. The van der Waals surface area contributed by atoms with Crippen LogP contribution in [0, 0.1) is 6.92 Å². The van der Waals surface area contributed by atoms with Crippen LogP contribution in [0.2, 0.25) is 0 Å². The highest BCUT2D eigenvalue weighted by Gasteiger charge is 2.20. The Morgan fingerprint density at radius 1 is 1.30 bits per heavy atom. The second kappa shape index (κ2) is 5.41. The number of rotatable bonds is 5. The highest BCUT2D eigenvalue weighted by Crippen LogP contribution is 2.21. The van der Waals surface area contributed by atoms with E-state index in [1.165, 1.54) is 29.7 Å². The third-order valence-electron chi connectivity index (χ3n) is 3.89. The summed E-state index contributed by atoms with van der Waals surface area (Å²) in [5.74, 6) is 0.469. The number of hydrogen-bond acceptors (Lipinski definition) is 2. The normalized spacial score (nSPS) is 15.0. The maximum atomic E-state index is 4.69. The van der Waals surface area contributed by atoms with Crippen molar-refractivity contribution in [2.24, 2.45) is 0 Å². The first-order valence-electron chi connectivity index (χ1n) is 7.52. The zero-order valence-corrected chi connectivity index (χ0v) is 12.6. The Bertz CT molecular complexity index is 594. The quantitative estimate of drug-likeness (QED) is 0.899. The van der Waals surface area contributed by atoms with Crippen molar-refractivity contribution in [3.8, 4) is 5.69 Å². The van der Waals surface area contributed by atoms with E-state index in [1.54, 1.807) is 0 Å². The van der Waals surface area contributed by atoms with Gasteiger partial charge >= 0.3 is 0 Å². The van der Waals surface area contributed by atoms with Crippen LogP contribution >= 0.6 is 0 Å². The van der Waals surface area contributed by atoms with E-state index in [9.17, 15) is 0 Å². The zero-order valence-electron chi connectivity index (χ0n) is 12.6. The molecule has 106 valence electrons. The van der Waals surface area contributed by atoms with Crippen LogP contribution in [0.5, 0.6) is 0 Å². The number of aryl methyl sites for hydroxylation is 1. The zero-order chi connectivity index (χ0) is 14.1. The average molecular weight is 269 g/mol. The van der Waals surface area contributed by atoms with Crippen LogP contribution in [0.25, 0.3) is 5.69 Å². The molecular formula is C17H23N3. The molecule has 1 aliphatic rings. The third-order valence-corrected chi connectivity index (χ3v) is 3.89. The van der Waals surface area contributed by atoms with Gasteiger partial charge in [-0.15, -0.1) is 0 Å². The standard InChI is InChI=1S/C17H23N3/c1-12(2)16-8-9-20(19-16)17-10-14(5-4-13(17)3)11-18-15-6-7-15/h4-5,8-10,12,15,18H,6-7,11H2,1-3H3. The van der Waals surface area contributed by atoms with Gasteiger partial charge in [0, 0.05) is 18.8 Å². The molecule has 0 spiro atoms. The molecule has 3 heteroatoms. The monoisotopic (exact) mass is 269 g/mol. The van der Waals surface area contributed by atoms with Gasteiger partial charge in [0.25, 0.3) is 0 Å². The first-order valence-corrected chi connectivity index (χ1v) is 7.52. The van der Waals surface area contributed by atoms with Crippen molar-refractivity contribution in [1.82, 2.24) is 15.1 Å². The molecule has 2 aromatic rings. The molecule has 0 unspecified atom stereocenters. The summed E-state index contributed by atoms with van der Waals surface area (Å²) in [4.78, 5) is 0. The van der Waals surface area contributed by atoms with E-state index >= 15 is 0 Å². The molecular weight excluding hydrogens is 246 g/mol. The molecule has 3 rings (SSSR count). The lowest BCUT2D eigenvalue weighted by atomic mass is 10.1. The van der Waals surface area contributed by atoms with Crippen LogP contribution in [-0.4, -0.2) is 15.8 Å². The topological polar surface area (TPSA) is 29.9 Å². The molecule has 20 heavy (non-hydrogen) atoms. The van der Waals surface area contributed by atoms with Gasteiger partial charge in [0.15, 0.2) is 0 Å². The first kappa shape index (κ1) is 13.4. The minimum Gasteiger partial charge on any atom is -0.310 e. The summed E-state index contributed by atoms with van der Waals surface area (Å²) in [5, 5.41) is 8.25. The molecule has 0 atom stereocenters. The molecule has 1 aromatic carbocycles. The largest absolute Gasteiger partial charge is 0.310 e. The fourth-order valence-electron chi connectivity index (χ4n) is 2.34. The maximum Gasteiger partial charge on any atom is 0.0678 e. The first-order chi connectivity index (χ1) is 9.63. The maximum absolute atomic E-state index is 4.69. The highest BCUT2D eigenvalue weighted by atomic mass is 15.3. The summed E-state index contributed by atoms with van der Waals surface area (Å²) in [6.07, 6.45) is 4.72. The van der Waals surface area contributed by atoms with Crippen LogP contribution in [0.3, 0.4) is 0 Å². The van der Waals surface area contributed by atoms with E-state index in [0.717, 1.165) is 18.3 Å². The Hall–Kier alpha value is -1.61. The molecule has 1 aliphatic carbocycles. The fourth-order valence-corrected chi connectivity index (χ4v) is 2.34. The van der Waals surface area contributed by atoms with Gasteiger partial charge in [-0.05, 0) is 48.9 Å².